The topological polar surface area (TPSA) is 50.3 Å². The predicted molar refractivity (Wildman–Crippen MR) is 98.8 cm³/mol. The highest BCUT2D eigenvalue weighted by atomic mass is 16.5. The third-order valence-corrected chi connectivity index (χ3v) is 5.03. The molecule has 25 heavy (non-hydrogen) atoms. The Hall–Kier alpha value is -2.14. The third-order valence-electron chi connectivity index (χ3n) is 5.03. The summed E-state index contributed by atoms with van der Waals surface area (Å²) in [6, 6.07) is 12.9. The molecule has 1 saturated heterocycles. The van der Waals surface area contributed by atoms with Crippen LogP contribution in [0.3, 0.4) is 0 Å². The molecule has 2 heterocycles. The Bertz CT molecular complexity index is 674. The highest BCUT2D eigenvalue weighted by Gasteiger charge is 2.23. The Balaban J connectivity index is 1.33. The van der Waals surface area contributed by atoms with E-state index in [2.05, 4.69) is 44.7 Å². The van der Waals surface area contributed by atoms with Crippen molar-refractivity contribution >= 4 is 5.82 Å². The van der Waals surface area contributed by atoms with Crippen molar-refractivity contribution in [3.63, 3.8) is 0 Å². The molecule has 1 saturated carbocycles. The standard InChI is InChI=1S/C20H26N4O/c1-2-7-19(25-15-16-9-10-16)17(5-1)13-21-18-6-4-12-24(14-18)20-8-3-11-22-23-20/h1-3,5,7-8,11,16,18,21H,4,6,9-10,12-15H2/t18-/m1/s1. The van der Waals surface area contributed by atoms with E-state index in [4.69, 9.17) is 4.74 Å². The van der Waals surface area contributed by atoms with Crippen molar-refractivity contribution in [2.45, 2.75) is 38.3 Å². The molecule has 0 unspecified atom stereocenters. The SMILES string of the molecule is c1cnnc(N2CCC[C@@H](NCc3ccccc3OCC3CC3)C2)c1. The van der Waals surface area contributed by atoms with Crippen LogP contribution in [0, 0.1) is 5.92 Å². The zero-order valence-corrected chi connectivity index (χ0v) is 14.6. The average Bonchev–Trinajstić information content (AvgIpc) is 3.51. The fraction of sp³-hybridized carbons (Fsp3) is 0.500. The van der Waals surface area contributed by atoms with Crippen molar-refractivity contribution in [3.8, 4) is 5.75 Å². The second-order valence-corrected chi connectivity index (χ2v) is 7.11. The Kier molecular flexibility index (Phi) is 5.11. The maximum Gasteiger partial charge on any atom is 0.151 e. The number of rotatable bonds is 7. The van der Waals surface area contributed by atoms with Crippen LogP contribution >= 0.6 is 0 Å². The summed E-state index contributed by atoms with van der Waals surface area (Å²) < 4.78 is 6.02. The number of aromatic nitrogens is 2. The monoisotopic (exact) mass is 338 g/mol. The number of nitrogens with one attached hydrogen (secondary N) is 1. The molecule has 132 valence electrons. The lowest BCUT2D eigenvalue weighted by atomic mass is 10.0. The van der Waals surface area contributed by atoms with Crippen LogP contribution in [0.5, 0.6) is 5.75 Å². The largest absolute Gasteiger partial charge is 0.493 e. The highest BCUT2D eigenvalue weighted by Crippen LogP contribution is 2.30. The second kappa shape index (κ2) is 7.83. The van der Waals surface area contributed by atoms with Gasteiger partial charge in [-0.25, -0.2) is 0 Å². The number of hydrogen-bond donors (Lipinski definition) is 1. The molecule has 1 N–H and O–H groups in total. The lowest BCUT2D eigenvalue weighted by Crippen LogP contribution is -2.45. The number of benzene rings is 1. The van der Waals surface area contributed by atoms with Gasteiger partial charge in [0, 0.05) is 37.4 Å². The van der Waals surface area contributed by atoms with Crippen LogP contribution < -0.4 is 15.0 Å². The molecule has 2 aromatic rings. The number of nitrogens with zero attached hydrogens (tertiary/aromatic N) is 3. The van der Waals surface area contributed by atoms with Gasteiger partial charge in [-0.15, -0.1) is 5.10 Å². The van der Waals surface area contributed by atoms with E-state index in [1.165, 1.54) is 31.2 Å². The molecule has 4 rings (SSSR count). The van der Waals surface area contributed by atoms with Crippen LogP contribution in [-0.2, 0) is 6.54 Å². The van der Waals surface area contributed by atoms with E-state index < -0.39 is 0 Å². The van der Waals surface area contributed by atoms with E-state index in [1.807, 2.05) is 12.1 Å². The minimum atomic E-state index is 0.465. The van der Waals surface area contributed by atoms with Crippen molar-refractivity contribution in [3.05, 3.63) is 48.2 Å². The lowest BCUT2D eigenvalue weighted by molar-refractivity contribution is 0.295. The predicted octanol–water partition coefficient (Wildman–Crippen LogP) is 3.02. The van der Waals surface area contributed by atoms with E-state index in [1.54, 1.807) is 6.20 Å². The van der Waals surface area contributed by atoms with Gasteiger partial charge in [-0.1, -0.05) is 18.2 Å². The van der Waals surface area contributed by atoms with Crippen LogP contribution in [0.1, 0.15) is 31.2 Å². The third kappa shape index (κ3) is 4.48. The Morgan fingerprint density at radius 3 is 2.88 bits per heavy atom. The van der Waals surface area contributed by atoms with Gasteiger partial charge < -0.3 is 15.0 Å². The minimum Gasteiger partial charge on any atom is -0.493 e. The van der Waals surface area contributed by atoms with E-state index >= 15 is 0 Å². The summed E-state index contributed by atoms with van der Waals surface area (Å²) in [5.74, 6) is 2.78. The van der Waals surface area contributed by atoms with Crippen molar-refractivity contribution in [2.24, 2.45) is 5.92 Å². The number of piperidine rings is 1. The molecule has 1 aromatic carbocycles. The average molecular weight is 338 g/mol. The van der Waals surface area contributed by atoms with Crippen LogP contribution in [0.15, 0.2) is 42.6 Å². The first-order valence-electron chi connectivity index (χ1n) is 9.35. The maximum atomic E-state index is 6.02. The van der Waals surface area contributed by atoms with Gasteiger partial charge in [0.05, 0.1) is 6.61 Å². The normalized spacial score (nSPS) is 20.5. The van der Waals surface area contributed by atoms with Crippen molar-refractivity contribution < 1.29 is 4.74 Å². The summed E-state index contributed by atoms with van der Waals surface area (Å²) in [6.45, 7) is 3.74. The van der Waals surface area contributed by atoms with Gasteiger partial charge >= 0.3 is 0 Å². The van der Waals surface area contributed by atoms with Gasteiger partial charge in [0.25, 0.3) is 0 Å². The fourth-order valence-corrected chi connectivity index (χ4v) is 3.35. The quantitative estimate of drug-likeness (QED) is 0.841. The number of para-hydroxylation sites is 1. The molecule has 0 radical (unpaired) electrons. The molecule has 5 nitrogen and oxygen atoms in total. The van der Waals surface area contributed by atoms with Gasteiger partial charge in [0.1, 0.15) is 5.75 Å². The first-order chi connectivity index (χ1) is 12.4. The molecule has 1 aromatic heterocycles. The van der Waals surface area contributed by atoms with Crippen LogP contribution in [0.25, 0.3) is 0 Å². The van der Waals surface area contributed by atoms with E-state index in [0.717, 1.165) is 43.7 Å². The van der Waals surface area contributed by atoms with Crippen LogP contribution in [0.4, 0.5) is 5.82 Å². The van der Waals surface area contributed by atoms with E-state index in [-0.39, 0.29) is 0 Å². The second-order valence-electron chi connectivity index (χ2n) is 7.11. The van der Waals surface area contributed by atoms with E-state index in [9.17, 15) is 0 Å². The Labute approximate surface area is 149 Å². The number of ether oxygens (including phenoxy) is 1. The molecule has 2 fully saturated rings. The first-order valence-corrected chi connectivity index (χ1v) is 9.35. The summed E-state index contributed by atoms with van der Waals surface area (Å²) in [5.41, 5.74) is 1.25. The van der Waals surface area contributed by atoms with Gasteiger partial charge in [0.2, 0.25) is 0 Å². The first kappa shape index (κ1) is 16.3. The summed E-state index contributed by atoms with van der Waals surface area (Å²) in [6.07, 6.45) is 6.74. The van der Waals surface area contributed by atoms with Crippen molar-refractivity contribution in [2.75, 3.05) is 24.6 Å². The molecule has 1 aliphatic heterocycles. The number of anilines is 1. The zero-order chi connectivity index (χ0) is 16.9. The lowest BCUT2D eigenvalue weighted by Gasteiger charge is -2.33. The smallest absolute Gasteiger partial charge is 0.151 e. The van der Waals surface area contributed by atoms with Gasteiger partial charge in [-0.05, 0) is 49.8 Å². The minimum absolute atomic E-state index is 0.465. The molecule has 2 aliphatic rings. The molecule has 0 amide bonds. The summed E-state index contributed by atoms with van der Waals surface area (Å²) in [5, 5.41) is 12.0. The van der Waals surface area contributed by atoms with Gasteiger partial charge in [-0.2, -0.15) is 5.10 Å². The maximum absolute atomic E-state index is 6.02. The summed E-state index contributed by atoms with van der Waals surface area (Å²) >= 11 is 0. The molecule has 5 heteroatoms. The molecule has 0 spiro atoms. The van der Waals surface area contributed by atoms with Crippen molar-refractivity contribution in [1.82, 2.24) is 15.5 Å². The molecular weight excluding hydrogens is 312 g/mol. The summed E-state index contributed by atoms with van der Waals surface area (Å²) in [4.78, 5) is 2.32. The molecule has 1 aliphatic carbocycles. The van der Waals surface area contributed by atoms with Gasteiger partial charge in [0.15, 0.2) is 5.82 Å². The van der Waals surface area contributed by atoms with Crippen LogP contribution in [0.2, 0.25) is 0 Å². The number of hydrogen-bond acceptors (Lipinski definition) is 5. The zero-order valence-electron chi connectivity index (χ0n) is 14.6. The highest BCUT2D eigenvalue weighted by molar-refractivity contribution is 5.37. The Morgan fingerprint density at radius 1 is 1.12 bits per heavy atom. The van der Waals surface area contributed by atoms with E-state index in [0.29, 0.717) is 6.04 Å². The fourth-order valence-electron chi connectivity index (χ4n) is 3.35. The van der Waals surface area contributed by atoms with Crippen molar-refractivity contribution in [1.29, 1.82) is 0 Å². The molecular formula is C20H26N4O. The summed E-state index contributed by atoms with van der Waals surface area (Å²) in [7, 11) is 0. The van der Waals surface area contributed by atoms with Gasteiger partial charge in [-0.3, -0.25) is 0 Å². The Morgan fingerprint density at radius 2 is 2.04 bits per heavy atom. The molecule has 1 atom stereocenters. The van der Waals surface area contributed by atoms with Crippen LogP contribution in [-0.4, -0.2) is 35.9 Å². The molecule has 0 bridgehead atoms.